The summed E-state index contributed by atoms with van der Waals surface area (Å²) in [7, 11) is 0. The van der Waals surface area contributed by atoms with E-state index in [1.807, 2.05) is 27.7 Å². The Morgan fingerprint density at radius 2 is 2.13 bits per heavy atom. The van der Waals surface area contributed by atoms with Crippen LogP contribution < -0.4 is 0 Å². The van der Waals surface area contributed by atoms with Crippen molar-refractivity contribution >= 4 is 5.69 Å². The fourth-order valence-corrected chi connectivity index (χ4v) is 1.42. The quantitative estimate of drug-likeness (QED) is 0.570. The molecule has 0 spiro atoms. The zero-order chi connectivity index (χ0) is 11.6. The summed E-state index contributed by atoms with van der Waals surface area (Å²) in [6.07, 6.45) is 2.44. The SMILES string of the molecule is CCCn1cc([N+](=O)[O-])c(C(C)(C)C)n1. The van der Waals surface area contributed by atoms with Gasteiger partial charge in [-0.1, -0.05) is 27.7 Å². The molecule has 0 atom stereocenters. The van der Waals surface area contributed by atoms with Crippen molar-refractivity contribution in [1.82, 2.24) is 9.78 Å². The van der Waals surface area contributed by atoms with E-state index < -0.39 is 0 Å². The number of aromatic nitrogens is 2. The molecular formula is C10H17N3O2. The minimum atomic E-state index is -0.361. The second kappa shape index (κ2) is 4.00. The van der Waals surface area contributed by atoms with Gasteiger partial charge in [-0.15, -0.1) is 0 Å². The molecule has 0 aliphatic rings. The van der Waals surface area contributed by atoms with Gasteiger partial charge in [0, 0.05) is 12.0 Å². The molecule has 15 heavy (non-hydrogen) atoms. The van der Waals surface area contributed by atoms with Crippen LogP contribution in [-0.2, 0) is 12.0 Å². The molecule has 0 saturated heterocycles. The average Bonchev–Trinajstić information content (AvgIpc) is 2.48. The number of nitrogens with zero attached hydrogens (tertiary/aromatic N) is 3. The van der Waals surface area contributed by atoms with Crippen molar-refractivity contribution in [3.05, 3.63) is 22.0 Å². The largest absolute Gasteiger partial charge is 0.310 e. The third-order valence-electron chi connectivity index (χ3n) is 2.10. The first-order valence-electron chi connectivity index (χ1n) is 5.08. The van der Waals surface area contributed by atoms with E-state index in [0.717, 1.165) is 13.0 Å². The lowest BCUT2D eigenvalue weighted by atomic mass is 9.91. The molecule has 84 valence electrons. The van der Waals surface area contributed by atoms with E-state index in [-0.39, 0.29) is 16.0 Å². The molecule has 0 aliphatic heterocycles. The zero-order valence-corrected chi connectivity index (χ0v) is 9.65. The van der Waals surface area contributed by atoms with Gasteiger partial charge in [0.05, 0.1) is 4.92 Å². The number of hydrogen-bond donors (Lipinski definition) is 0. The highest BCUT2D eigenvalue weighted by atomic mass is 16.6. The maximum atomic E-state index is 10.8. The van der Waals surface area contributed by atoms with E-state index >= 15 is 0 Å². The molecule has 0 amide bonds. The van der Waals surface area contributed by atoms with Gasteiger partial charge in [-0.05, 0) is 6.42 Å². The third kappa shape index (κ3) is 2.55. The minimum Gasteiger partial charge on any atom is -0.265 e. The lowest BCUT2D eigenvalue weighted by Gasteiger charge is -2.13. The summed E-state index contributed by atoms with van der Waals surface area (Å²) < 4.78 is 1.65. The van der Waals surface area contributed by atoms with Gasteiger partial charge in [-0.2, -0.15) is 5.10 Å². The van der Waals surface area contributed by atoms with Crippen molar-refractivity contribution in [2.24, 2.45) is 0 Å². The van der Waals surface area contributed by atoms with Crippen LogP contribution in [0.1, 0.15) is 39.8 Å². The molecular weight excluding hydrogens is 194 g/mol. The summed E-state index contributed by atoms with van der Waals surface area (Å²) >= 11 is 0. The molecule has 1 aromatic heterocycles. The van der Waals surface area contributed by atoms with E-state index in [0.29, 0.717) is 5.69 Å². The summed E-state index contributed by atoms with van der Waals surface area (Å²) in [4.78, 5) is 10.5. The van der Waals surface area contributed by atoms with Gasteiger partial charge in [0.15, 0.2) is 0 Å². The predicted molar refractivity (Wildman–Crippen MR) is 57.9 cm³/mol. The molecule has 1 rings (SSSR count). The van der Waals surface area contributed by atoms with E-state index in [1.54, 1.807) is 4.68 Å². The number of nitro groups is 1. The summed E-state index contributed by atoms with van der Waals surface area (Å²) in [5.41, 5.74) is 0.387. The van der Waals surface area contributed by atoms with Crippen LogP contribution in [0.2, 0.25) is 0 Å². The Bertz CT molecular complexity index is 363. The average molecular weight is 211 g/mol. The van der Waals surface area contributed by atoms with Crippen LogP contribution in [-0.4, -0.2) is 14.7 Å². The number of hydrogen-bond acceptors (Lipinski definition) is 3. The number of rotatable bonds is 3. The van der Waals surface area contributed by atoms with Crippen molar-refractivity contribution in [2.45, 2.75) is 46.1 Å². The molecule has 5 heteroatoms. The van der Waals surface area contributed by atoms with Gasteiger partial charge in [0.25, 0.3) is 0 Å². The Labute approximate surface area is 89.2 Å². The fourth-order valence-electron chi connectivity index (χ4n) is 1.42. The molecule has 0 aliphatic carbocycles. The normalized spacial score (nSPS) is 11.7. The van der Waals surface area contributed by atoms with Gasteiger partial charge in [-0.25, -0.2) is 0 Å². The van der Waals surface area contributed by atoms with Gasteiger partial charge >= 0.3 is 5.69 Å². The second-order valence-corrected chi connectivity index (χ2v) is 4.63. The summed E-state index contributed by atoms with van der Waals surface area (Å²) in [6.45, 7) is 8.52. The van der Waals surface area contributed by atoms with Crippen molar-refractivity contribution in [3.63, 3.8) is 0 Å². The van der Waals surface area contributed by atoms with Crippen LogP contribution in [0.3, 0.4) is 0 Å². The molecule has 0 saturated carbocycles. The monoisotopic (exact) mass is 211 g/mol. The van der Waals surface area contributed by atoms with Crippen molar-refractivity contribution < 1.29 is 4.92 Å². The van der Waals surface area contributed by atoms with Crippen LogP contribution in [0.4, 0.5) is 5.69 Å². The highest BCUT2D eigenvalue weighted by Gasteiger charge is 2.29. The first-order valence-corrected chi connectivity index (χ1v) is 5.08. The van der Waals surface area contributed by atoms with Crippen LogP contribution in [0, 0.1) is 10.1 Å². The van der Waals surface area contributed by atoms with Crippen LogP contribution in [0.15, 0.2) is 6.20 Å². The molecule has 0 bridgehead atoms. The molecule has 0 radical (unpaired) electrons. The second-order valence-electron chi connectivity index (χ2n) is 4.63. The third-order valence-corrected chi connectivity index (χ3v) is 2.10. The Balaban J connectivity index is 3.18. The fraction of sp³-hybridized carbons (Fsp3) is 0.700. The first kappa shape index (κ1) is 11.7. The molecule has 0 unspecified atom stereocenters. The van der Waals surface area contributed by atoms with Crippen molar-refractivity contribution in [1.29, 1.82) is 0 Å². The van der Waals surface area contributed by atoms with E-state index in [2.05, 4.69) is 5.10 Å². The van der Waals surface area contributed by atoms with Crippen LogP contribution in [0.25, 0.3) is 0 Å². The Morgan fingerprint density at radius 3 is 2.47 bits per heavy atom. The molecule has 0 N–H and O–H groups in total. The first-order chi connectivity index (χ1) is 6.86. The smallest absolute Gasteiger partial charge is 0.265 e. The standard InChI is InChI=1S/C10H17N3O2/c1-5-6-12-7-8(13(14)15)9(11-12)10(2,3)4/h7H,5-6H2,1-4H3. The summed E-state index contributed by atoms with van der Waals surface area (Å²) in [5.74, 6) is 0. The minimum absolute atomic E-state index is 0.121. The Hall–Kier alpha value is -1.39. The topological polar surface area (TPSA) is 61.0 Å². The van der Waals surface area contributed by atoms with Crippen LogP contribution >= 0.6 is 0 Å². The van der Waals surface area contributed by atoms with Crippen molar-refractivity contribution in [3.8, 4) is 0 Å². The molecule has 1 aromatic rings. The highest BCUT2D eigenvalue weighted by Crippen LogP contribution is 2.29. The number of aryl methyl sites for hydroxylation is 1. The molecule has 1 heterocycles. The molecule has 0 fully saturated rings. The van der Waals surface area contributed by atoms with Crippen LogP contribution in [0.5, 0.6) is 0 Å². The lowest BCUT2D eigenvalue weighted by Crippen LogP contribution is -2.14. The van der Waals surface area contributed by atoms with Gasteiger partial charge in [0.1, 0.15) is 11.9 Å². The van der Waals surface area contributed by atoms with E-state index in [1.165, 1.54) is 6.20 Å². The predicted octanol–water partition coefficient (Wildman–Crippen LogP) is 2.50. The Morgan fingerprint density at radius 1 is 1.53 bits per heavy atom. The summed E-state index contributed by atoms with van der Waals surface area (Å²) in [6, 6.07) is 0. The molecule has 0 aromatic carbocycles. The van der Waals surface area contributed by atoms with Gasteiger partial charge < -0.3 is 0 Å². The van der Waals surface area contributed by atoms with Gasteiger partial charge in [0.2, 0.25) is 0 Å². The van der Waals surface area contributed by atoms with E-state index in [4.69, 9.17) is 0 Å². The highest BCUT2D eigenvalue weighted by molar-refractivity contribution is 5.37. The lowest BCUT2D eigenvalue weighted by molar-refractivity contribution is -0.386. The zero-order valence-electron chi connectivity index (χ0n) is 9.65. The Kier molecular flexibility index (Phi) is 3.12. The van der Waals surface area contributed by atoms with Crippen molar-refractivity contribution in [2.75, 3.05) is 0 Å². The van der Waals surface area contributed by atoms with E-state index in [9.17, 15) is 10.1 Å². The maximum Gasteiger partial charge on any atom is 0.310 e. The summed E-state index contributed by atoms with van der Waals surface area (Å²) in [5, 5.41) is 15.1. The molecule has 5 nitrogen and oxygen atoms in total. The maximum absolute atomic E-state index is 10.8. The van der Waals surface area contributed by atoms with Gasteiger partial charge in [-0.3, -0.25) is 14.8 Å².